The molecule has 1 aromatic rings. The molecule has 14 heavy (non-hydrogen) atoms. The summed E-state index contributed by atoms with van der Waals surface area (Å²) in [6.07, 6.45) is 0.695. The summed E-state index contributed by atoms with van der Waals surface area (Å²) in [4.78, 5) is 16.2. The van der Waals surface area contributed by atoms with E-state index in [1.807, 2.05) is 6.92 Å². The molecule has 0 saturated carbocycles. The fourth-order valence-electron chi connectivity index (χ4n) is 0.964. The normalized spacial score (nSPS) is 9.00. The first kappa shape index (κ1) is 10.7. The molecule has 1 heterocycles. The Hall–Kier alpha value is -1.34. The van der Waals surface area contributed by atoms with Crippen molar-refractivity contribution in [3.8, 4) is 11.8 Å². The van der Waals surface area contributed by atoms with Crippen molar-refractivity contribution in [2.45, 2.75) is 20.3 Å². The van der Waals surface area contributed by atoms with Crippen molar-refractivity contribution >= 4 is 17.2 Å². The van der Waals surface area contributed by atoms with E-state index < -0.39 is 0 Å². The third-order valence-electron chi connectivity index (χ3n) is 1.66. The molecule has 3 nitrogen and oxygen atoms in total. The van der Waals surface area contributed by atoms with Crippen LogP contribution in [0.3, 0.4) is 0 Å². The van der Waals surface area contributed by atoms with E-state index in [2.05, 4.69) is 22.1 Å². The standard InChI is InChI=1S/C10H12N2OS/c1-3-4-5-6-11-10(13)9-8(2)12-7-14-9/h7H,5-6H2,1-2H3,(H,11,13). The molecule has 0 aliphatic rings. The van der Waals surface area contributed by atoms with Crippen LogP contribution in [0.15, 0.2) is 5.51 Å². The average Bonchev–Trinajstić information content (AvgIpc) is 2.59. The zero-order chi connectivity index (χ0) is 10.4. The SMILES string of the molecule is CC#CCCNC(=O)c1scnc1C. The highest BCUT2D eigenvalue weighted by molar-refractivity contribution is 7.11. The molecule has 1 aromatic heterocycles. The smallest absolute Gasteiger partial charge is 0.263 e. The van der Waals surface area contributed by atoms with Crippen LogP contribution in [0.1, 0.15) is 28.7 Å². The Kier molecular flexibility index (Phi) is 4.14. The summed E-state index contributed by atoms with van der Waals surface area (Å²) in [7, 11) is 0. The van der Waals surface area contributed by atoms with Crippen molar-refractivity contribution in [1.82, 2.24) is 10.3 Å². The number of amides is 1. The molecule has 0 unspecified atom stereocenters. The zero-order valence-electron chi connectivity index (χ0n) is 8.26. The van der Waals surface area contributed by atoms with Crippen molar-refractivity contribution in [3.05, 3.63) is 16.1 Å². The van der Waals surface area contributed by atoms with Gasteiger partial charge in [0.2, 0.25) is 0 Å². The Bertz CT molecular complexity index is 373. The van der Waals surface area contributed by atoms with Crippen LogP contribution in [0.2, 0.25) is 0 Å². The Morgan fingerprint density at radius 3 is 3.07 bits per heavy atom. The van der Waals surface area contributed by atoms with Crippen molar-refractivity contribution in [3.63, 3.8) is 0 Å². The first-order valence-corrected chi connectivity index (χ1v) is 5.21. The van der Waals surface area contributed by atoms with Crippen LogP contribution < -0.4 is 5.32 Å². The quantitative estimate of drug-likeness (QED) is 0.605. The molecule has 0 aliphatic heterocycles. The van der Waals surface area contributed by atoms with E-state index in [1.54, 1.807) is 12.4 Å². The molecule has 4 heteroatoms. The van der Waals surface area contributed by atoms with E-state index in [9.17, 15) is 4.79 Å². The number of carbonyl (C=O) groups is 1. The Morgan fingerprint density at radius 1 is 1.71 bits per heavy atom. The third kappa shape index (κ3) is 2.86. The number of nitrogens with one attached hydrogen (secondary N) is 1. The second-order valence-electron chi connectivity index (χ2n) is 2.70. The van der Waals surface area contributed by atoms with E-state index >= 15 is 0 Å². The highest BCUT2D eigenvalue weighted by Gasteiger charge is 2.09. The molecule has 0 fully saturated rings. The first-order chi connectivity index (χ1) is 6.75. The minimum atomic E-state index is -0.0529. The Balaban J connectivity index is 2.42. The van der Waals surface area contributed by atoms with E-state index in [1.165, 1.54) is 11.3 Å². The Morgan fingerprint density at radius 2 is 2.50 bits per heavy atom. The third-order valence-corrected chi connectivity index (χ3v) is 2.59. The maximum atomic E-state index is 11.5. The molecule has 0 radical (unpaired) electrons. The number of hydrogen-bond acceptors (Lipinski definition) is 3. The van der Waals surface area contributed by atoms with E-state index in [4.69, 9.17) is 0 Å². The number of thiazole rings is 1. The van der Waals surface area contributed by atoms with Gasteiger partial charge in [-0.15, -0.1) is 23.2 Å². The maximum Gasteiger partial charge on any atom is 0.263 e. The lowest BCUT2D eigenvalue weighted by Crippen LogP contribution is -2.23. The van der Waals surface area contributed by atoms with Gasteiger partial charge in [0.25, 0.3) is 5.91 Å². The number of nitrogens with zero attached hydrogens (tertiary/aromatic N) is 1. The molecule has 1 amide bonds. The number of aryl methyl sites for hydroxylation is 1. The summed E-state index contributed by atoms with van der Waals surface area (Å²) in [5.41, 5.74) is 2.46. The fourth-order valence-corrected chi connectivity index (χ4v) is 1.68. The van der Waals surface area contributed by atoms with Crippen LogP contribution in [0, 0.1) is 18.8 Å². The number of rotatable bonds is 3. The van der Waals surface area contributed by atoms with E-state index in [0.29, 0.717) is 17.8 Å². The van der Waals surface area contributed by atoms with Crippen LogP contribution in [-0.2, 0) is 0 Å². The minimum absolute atomic E-state index is 0.0529. The van der Waals surface area contributed by atoms with Crippen LogP contribution in [0.4, 0.5) is 0 Å². The molecule has 0 bridgehead atoms. The molecule has 74 valence electrons. The van der Waals surface area contributed by atoms with Gasteiger partial charge in [0.1, 0.15) is 4.88 Å². The number of carbonyl (C=O) groups excluding carboxylic acids is 1. The molecule has 0 spiro atoms. The molecule has 0 aliphatic carbocycles. The molecule has 0 atom stereocenters. The average molecular weight is 208 g/mol. The lowest BCUT2D eigenvalue weighted by molar-refractivity contribution is 0.0958. The first-order valence-electron chi connectivity index (χ1n) is 4.33. The highest BCUT2D eigenvalue weighted by atomic mass is 32.1. The van der Waals surface area contributed by atoms with Crippen LogP contribution in [-0.4, -0.2) is 17.4 Å². The van der Waals surface area contributed by atoms with Gasteiger partial charge < -0.3 is 5.32 Å². The van der Waals surface area contributed by atoms with Crippen LogP contribution in [0.25, 0.3) is 0 Å². The van der Waals surface area contributed by atoms with Crippen molar-refractivity contribution in [2.24, 2.45) is 0 Å². The van der Waals surface area contributed by atoms with Gasteiger partial charge in [0, 0.05) is 13.0 Å². The van der Waals surface area contributed by atoms with Crippen LogP contribution in [0.5, 0.6) is 0 Å². The van der Waals surface area contributed by atoms with Crippen molar-refractivity contribution < 1.29 is 4.79 Å². The second kappa shape index (κ2) is 5.40. The maximum absolute atomic E-state index is 11.5. The lowest BCUT2D eigenvalue weighted by Gasteiger charge is -2.00. The molecule has 1 rings (SSSR count). The van der Waals surface area contributed by atoms with E-state index in [-0.39, 0.29) is 5.91 Å². The predicted octanol–water partition coefficient (Wildman–Crippen LogP) is 1.59. The summed E-state index contributed by atoms with van der Waals surface area (Å²) >= 11 is 1.36. The number of aromatic nitrogens is 1. The summed E-state index contributed by atoms with van der Waals surface area (Å²) < 4.78 is 0. The minimum Gasteiger partial charge on any atom is -0.350 e. The molecule has 1 N–H and O–H groups in total. The summed E-state index contributed by atoms with van der Waals surface area (Å²) in [5, 5.41) is 2.79. The van der Waals surface area contributed by atoms with Gasteiger partial charge in [-0.2, -0.15) is 0 Å². The van der Waals surface area contributed by atoms with Crippen LogP contribution >= 0.6 is 11.3 Å². The van der Waals surface area contributed by atoms with Gasteiger partial charge in [-0.1, -0.05) is 0 Å². The topological polar surface area (TPSA) is 42.0 Å². The molecular weight excluding hydrogens is 196 g/mol. The summed E-state index contributed by atoms with van der Waals surface area (Å²) in [6.45, 7) is 4.21. The molecular formula is C10H12N2OS. The number of hydrogen-bond donors (Lipinski definition) is 1. The fraction of sp³-hybridized carbons (Fsp3) is 0.400. The largest absolute Gasteiger partial charge is 0.350 e. The van der Waals surface area contributed by atoms with Crippen molar-refractivity contribution in [1.29, 1.82) is 0 Å². The highest BCUT2D eigenvalue weighted by Crippen LogP contribution is 2.11. The van der Waals surface area contributed by atoms with Gasteiger partial charge in [0.05, 0.1) is 11.2 Å². The van der Waals surface area contributed by atoms with Crippen molar-refractivity contribution in [2.75, 3.05) is 6.54 Å². The van der Waals surface area contributed by atoms with Gasteiger partial charge >= 0.3 is 0 Å². The van der Waals surface area contributed by atoms with Gasteiger partial charge in [-0.05, 0) is 13.8 Å². The van der Waals surface area contributed by atoms with E-state index in [0.717, 1.165) is 5.69 Å². The Labute approximate surface area is 87.6 Å². The van der Waals surface area contributed by atoms with Gasteiger partial charge in [-0.3, -0.25) is 4.79 Å². The molecule has 0 aromatic carbocycles. The summed E-state index contributed by atoms with van der Waals surface area (Å²) in [6, 6.07) is 0. The zero-order valence-corrected chi connectivity index (χ0v) is 9.07. The van der Waals surface area contributed by atoms with Gasteiger partial charge in [0.15, 0.2) is 0 Å². The predicted molar refractivity (Wildman–Crippen MR) is 57.3 cm³/mol. The van der Waals surface area contributed by atoms with Gasteiger partial charge in [-0.25, -0.2) is 4.98 Å². The second-order valence-corrected chi connectivity index (χ2v) is 3.55. The molecule has 0 saturated heterocycles. The monoisotopic (exact) mass is 208 g/mol. The lowest BCUT2D eigenvalue weighted by atomic mass is 10.3. The summed E-state index contributed by atoms with van der Waals surface area (Å²) in [5.74, 6) is 5.61.